The van der Waals surface area contributed by atoms with Gasteiger partial charge in [-0.3, -0.25) is 4.79 Å². The Morgan fingerprint density at radius 3 is 2.75 bits per heavy atom. The molecular weight excluding hydrogens is 252 g/mol. The predicted molar refractivity (Wildman–Crippen MR) is 80.8 cm³/mol. The van der Waals surface area contributed by atoms with E-state index in [1.807, 2.05) is 34.0 Å². The highest BCUT2D eigenvalue weighted by Crippen LogP contribution is 2.31. The molecule has 1 aliphatic rings. The molecule has 5 nitrogen and oxygen atoms in total. The first kappa shape index (κ1) is 14.8. The Kier molecular flexibility index (Phi) is 3.99. The topological polar surface area (TPSA) is 48.5 Å². The molecule has 1 saturated heterocycles. The summed E-state index contributed by atoms with van der Waals surface area (Å²) in [6.45, 7) is 7.56. The maximum absolute atomic E-state index is 12.4. The number of anilines is 1. The van der Waals surface area contributed by atoms with Gasteiger partial charge in [0.25, 0.3) is 0 Å². The second-order valence-corrected chi connectivity index (χ2v) is 5.86. The Morgan fingerprint density at radius 1 is 1.40 bits per heavy atom. The number of carbonyl (C=O) groups excluding carboxylic acids is 1. The quantitative estimate of drug-likeness (QED) is 0.907. The number of piperazine rings is 1. The van der Waals surface area contributed by atoms with Gasteiger partial charge in [0.15, 0.2) is 0 Å². The second-order valence-electron chi connectivity index (χ2n) is 5.86. The maximum Gasteiger partial charge on any atom is 0.247 e. The first-order valence-electron chi connectivity index (χ1n) is 7.05. The van der Waals surface area contributed by atoms with Gasteiger partial charge in [-0.25, -0.2) is 4.98 Å². The molecule has 0 aliphatic carbocycles. The largest absolute Gasteiger partial charge is 0.342 e. The van der Waals surface area contributed by atoms with Crippen molar-refractivity contribution >= 4 is 11.7 Å². The number of nitrogens with one attached hydrogen (secondary N) is 1. The molecule has 1 aromatic rings. The van der Waals surface area contributed by atoms with Crippen LogP contribution in [0.2, 0.25) is 0 Å². The van der Waals surface area contributed by atoms with Crippen LogP contribution in [0.25, 0.3) is 0 Å². The molecule has 0 saturated carbocycles. The fraction of sp³-hybridized carbons (Fsp3) is 0.600. The summed E-state index contributed by atoms with van der Waals surface area (Å²) in [5, 5.41) is 3.25. The lowest BCUT2D eigenvalue weighted by Gasteiger charge is -2.46. The summed E-state index contributed by atoms with van der Waals surface area (Å²) in [5.41, 5.74) is 0.559. The number of nitrogens with zero attached hydrogens (tertiary/aromatic N) is 3. The normalized spacial score (nSPS) is 20.1. The summed E-state index contributed by atoms with van der Waals surface area (Å²) in [4.78, 5) is 20.9. The molecule has 1 N–H and O–H groups in total. The van der Waals surface area contributed by atoms with Gasteiger partial charge in [0.1, 0.15) is 11.4 Å². The van der Waals surface area contributed by atoms with Crippen molar-refractivity contribution in [1.29, 1.82) is 0 Å². The number of pyridine rings is 1. The van der Waals surface area contributed by atoms with Gasteiger partial charge in [0.05, 0.1) is 0 Å². The van der Waals surface area contributed by atoms with E-state index in [2.05, 4.69) is 28.2 Å². The van der Waals surface area contributed by atoms with E-state index in [0.29, 0.717) is 0 Å². The third-order valence-corrected chi connectivity index (χ3v) is 4.18. The smallest absolute Gasteiger partial charge is 0.247 e. The minimum atomic E-state index is -0.566. The van der Waals surface area contributed by atoms with Crippen LogP contribution in [-0.4, -0.2) is 48.5 Å². The molecular formula is C15H24N4O. The summed E-state index contributed by atoms with van der Waals surface area (Å²) in [6.07, 6.45) is 1.79. The lowest BCUT2D eigenvalue weighted by Crippen LogP contribution is -2.62. The summed E-state index contributed by atoms with van der Waals surface area (Å²) in [7, 11) is 3.79. The third-order valence-electron chi connectivity index (χ3n) is 4.18. The summed E-state index contributed by atoms with van der Waals surface area (Å²) >= 11 is 0. The minimum absolute atomic E-state index is 0.137. The summed E-state index contributed by atoms with van der Waals surface area (Å²) in [5.74, 6) is 1.04. The van der Waals surface area contributed by atoms with Gasteiger partial charge < -0.3 is 15.1 Å². The van der Waals surface area contributed by atoms with E-state index in [9.17, 15) is 4.79 Å². The van der Waals surface area contributed by atoms with Crippen molar-refractivity contribution in [2.75, 3.05) is 32.1 Å². The van der Waals surface area contributed by atoms with Gasteiger partial charge in [0.2, 0.25) is 5.91 Å². The van der Waals surface area contributed by atoms with Crippen molar-refractivity contribution in [3.63, 3.8) is 0 Å². The minimum Gasteiger partial charge on any atom is -0.342 e. The van der Waals surface area contributed by atoms with E-state index >= 15 is 0 Å². The number of aromatic nitrogens is 1. The molecule has 1 unspecified atom stereocenters. The van der Waals surface area contributed by atoms with E-state index in [1.165, 1.54) is 0 Å². The van der Waals surface area contributed by atoms with Crippen molar-refractivity contribution in [1.82, 2.24) is 15.2 Å². The van der Waals surface area contributed by atoms with Crippen LogP contribution in [0.3, 0.4) is 0 Å². The SMILES string of the molecule is CNC(C)c1cccnc1N1CCN(C)C(=O)C1(C)C. The number of carbonyl (C=O) groups is 1. The fourth-order valence-electron chi connectivity index (χ4n) is 2.71. The fourth-order valence-corrected chi connectivity index (χ4v) is 2.71. The zero-order valence-corrected chi connectivity index (χ0v) is 13.0. The average molecular weight is 276 g/mol. The van der Waals surface area contributed by atoms with Crippen LogP contribution < -0.4 is 10.2 Å². The van der Waals surface area contributed by atoms with E-state index in [-0.39, 0.29) is 11.9 Å². The van der Waals surface area contributed by atoms with Crippen LogP contribution in [0.1, 0.15) is 32.4 Å². The third kappa shape index (κ3) is 2.38. The Morgan fingerprint density at radius 2 is 2.10 bits per heavy atom. The first-order chi connectivity index (χ1) is 9.39. The number of amides is 1. The number of rotatable bonds is 3. The highest BCUT2D eigenvalue weighted by molar-refractivity contribution is 5.90. The molecule has 1 fully saturated rings. The molecule has 110 valence electrons. The highest BCUT2D eigenvalue weighted by Gasteiger charge is 2.41. The Labute approximate surface area is 121 Å². The summed E-state index contributed by atoms with van der Waals surface area (Å²) in [6, 6.07) is 4.21. The van der Waals surface area contributed by atoms with Crippen molar-refractivity contribution < 1.29 is 4.79 Å². The maximum atomic E-state index is 12.4. The zero-order chi connectivity index (χ0) is 14.9. The second kappa shape index (κ2) is 5.40. The zero-order valence-electron chi connectivity index (χ0n) is 13.0. The lowest BCUT2D eigenvalue weighted by molar-refractivity contribution is -0.136. The monoisotopic (exact) mass is 276 g/mol. The molecule has 1 aromatic heterocycles. The van der Waals surface area contributed by atoms with E-state index in [1.54, 1.807) is 11.1 Å². The highest BCUT2D eigenvalue weighted by atomic mass is 16.2. The molecule has 0 aromatic carbocycles. The molecule has 2 rings (SSSR count). The van der Waals surface area contributed by atoms with Crippen molar-refractivity contribution in [2.45, 2.75) is 32.4 Å². The average Bonchev–Trinajstić information content (AvgIpc) is 2.44. The molecule has 0 spiro atoms. The van der Waals surface area contributed by atoms with Crippen LogP contribution in [0, 0.1) is 0 Å². The van der Waals surface area contributed by atoms with E-state index < -0.39 is 5.54 Å². The van der Waals surface area contributed by atoms with Crippen LogP contribution in [0.4, 0.5) is 5.82 Å². The number of hydrogen-bond acceptors (Lipinski definition) is 4. The Bertz CT molecular complexity index is 500. The number of likely N-dealkylation sites (N-methyl/N-ethyl adjacent to an activating group) is 1. The van der Waals surface area contributed by atoms with Gasteiger partial charge in [-0.15, -0.1) is 0 Å². The predicted octanol–water partition coefficient (Wildman–Crippen LogP) is 1.42. The Hall–Kier alpha value is -1.62. The molecule has 1 amide bonds. The van der Waals surface area contributed by atoms with Gasteiger partial charge in [-0.05, 0) is 33.9 Å². The van der Waals surface area contributed by atoms with Crippen molar-refractivity contribution in [3.05, 3.63) is 23.9 Å². The van der Waals surface area contributed by atoms with Gasteiger partial charge in [-0.1, -0.05) is 6.07 Å². The van der Waals surface area contributed by atoms with Crippen LogP contribution in [-0.2, 0) is 4.79 Å². The molecule has 2 heterocycles. The standard InChI is InChI=1S/C15H24N4O/c1-11(16-4)12-7-6-8-17-13(12)19-10-9-18(5)14(20)15(19,2)3/h6-8,11,16H,9-10H2,1-5H3. The molecule has 0 radical (unpaired) electrons. The van der Waals surface area contributed by atoms with Gasteiger partial charge >= 0.3 is 0 Å². The summed E-state index contributed by atoms with van der Waals surface area (Å²) < 4.78 is 0. The van der Waals surface area contributed by atoms with Gasteiger partial charge in [0, 0.05) is 37.9 Å². The number of hydrogen-bond donors (Lipinski definition) is 1. The van der Waals surface area contributed by atoms with Crippen molar-refractivity contribution in [2.24, 2.45) is 0 Å². The molecule has 1 aliphatic heterocycles. The molecule has 5 heteroatoms. The van der Waals surface area contributed by atoms with Crippen molar-refractivity contribution in [3.8, 4) is 0 Å². The first-order valence-corrected chi connectivity index (χ1v) is 7.05. The Balaban J connectivity index is 2.43. The molecule has 0 bridgehead atoms. The van der Waals surface area contributed by atoms with Crippen LogP contribution >= 0.6 is 0 Å². The van der Waals surface area contributed by atoms with Gasteiger partial charge in [-0.2, -0.15) is 0 Å². The van der Waals surface area contributed by atoms with Crippen LogP contribution in [0.15, 0.2) is 18.3 Å². The van der Waals surface area contributed by atoms with E-state index in [0.717, 1.165) is 24.5 Å². The van der Waals surface area contributed by atoms with Crippen LogP contribution in [0.5, 0.6) is 0 Å². The molecule has 20 heavy (non-hydrogen) atoms. The van der Waals surface area contributed by atoms with E-state index in [4.69, 9.17) is 0 Å². The lowest BCUT2D eigenvalue weighted by atomic mass is 9.96. The molecule has 1 atom stereocenters.